The summed E-state index contributed by atoms with van der Waals surface area (Å²) in [5.74, 6) is -0.443. The number of fused-ring (bicyclic) bond motifs is 1. The van der Waals surface area contributed by atoms with E-state index in [-0.39, 0.29) is 17.3 Å². The van der Waals surface area contributed by atoms with Gasteiger partial charge in [0.15, 0.2) is 0 Å². The molecule has 5 nitrogen and oxygen atoms in total. The molecule has 1 amide bonds. The summed E-state index contributed by atoms with van der Waals surface area (Å²) in [6.45, 7) is 6.61. The van der Waals surface area contributed by atoms with Crippen LogP contribution in [0.2, 0.25) is 0 Å². The van der Waals surface area contributed by atoms with Crippen LogP contribution in [0.5, 0.6) is 0 Å². The highest BCUT2D eigenvalue weighted by atomic mass is 32.1. The molecule has 1 aromatic heterocycles. The number of hydrogen-bond donors (Lipinski definition) is 2. The second kappa shape index (κ2) is 9.63. The van der Waals surface area contributed by atoms with Crippen molar-refractivity contribution >= 4 is 33.9 Å². The van der Waals surface area contributed by atoms with Crippen LogP contribution in [0.4, 0.5) is 10.7 Å². The molecule has 0 saturated heterocycles. The number of ether oxygens (including phenoxy) is 1. The minimum Gasteiger partial charge on any atom is -0.465 e. The largest absolute Gasteiger partial charge is 0.465 e. The molecule has 2 aromatic carbocycles. The van der Waals surface area contributed by atoms with Gasteiger partial charge in [-0.1, -0.05) is 32.0 Å². The van der Waals surface area contributed by atoms with Crippen molar-refractivity contribution in [2.24, 2.45) is 5.41 Å². The van der Waals surface area contributed by atoms with Crippen LogP contribution in [0.25, 0.3) is 0 Å². The van der Waals surface area contributed by atoms with Gasteiger partial charge in [0.2, 0.25) is 0 Å². The first-order valence-electron chi connectivity index (χ1n) is 11.6. The fourth-order valence-electron chi connectivity index (χ4n) is 4.63. The van der Waals surface area contributed by atoms with Gasteiger partial charge in [-0.2, -0.15) is 0 Å². The molecule has 178 valence electrons. The summed E-state index contributed by atoms with van der Waals surface area (Å²) in [5.41, 5.74) is 13.2. The average molecular weight is 477 g/mol. The predicted octanol–water partition coefficient (Wildman–Crippen LogP) is 5.98. The van der Waals surface area contributed by atoms with Gasteiger partial charge >= 0.3 is 5.97 Å². The third-order valence-corrected chi connectivity index (χ3v) is 7.76. The number of thiophene rings is 1. The molecule has 1 aliphatic carbocycles. The van der Waals surface area contributed by atoms with Gasteiger partial charge in [-0.3, -0.25) is 4.79 Å². The van der Waals surface area contributed by atoms with Crippen LogP contribution in [-0.4, -0.2) is 19.0 Å². The first kappa shape index (κ1) is 24.0. The van der Waals surface area contributed by atoms with Crippen LogP contribution in [-0.2, 0) is 30.4 Å². The highest BCUT2D eigenvalue weighted by Crippen LogP contribution is 2.42. The maximum absolute atomic E-state index is 13.1. The van der Waals surface area contributed by atoms with E-state index in [9.17, 15) is 9.59 Å². The molecular formula is C28H32N2O3S. The SMILES string of the molecule is COC(=O)c1ccc(CCc2ccc(NC(=O)c3c(N)sc4c3CCC(C)(C)C4)cc2C)cc1. The van der Waals surface area contributed by atoms with Crippen LogP contribution in [0.15, 0.2) is 42.5 Å². The van der Waals surface area contributed by atoms with Crippen LogP contribution in [0, 0.1) is 12.3 Å². The quantitative estimate of drug-likeness (QED) is 0.429. The Balaban J connectivity index is 1.41. The van der Waals surface area contributed by atoms with Gasteiger partial charge in [0.1, 0.15) is 0 Å². The summed E-state index contributed by atoms with van der Waals surface area (Å²) in [6, 6.07) is 13.6. The molecule has 3 N–H and O–H groups in total. The molecule has 0 radical (unpaired) electrons. The second-order valence-electron chi connectivity index (χ2n) is 9.87. The minimum atomic E-state index is -0.325. The zero-order valence-electron chi connectivity index (χ0n) is 20.3. The molecule has 0 atom stereocenters. The molecule has 6 heteroatoms. The third kappa shape index (κ3) is 5.17. The van der Waals surface area contributed by atoms with Gasteiger partial charge in [-0.15, -0.1) is 11.3 Å². The highest BCUT2D eigenvalue weighted by Gasteiger charge is 2.31. The molecule has 3 aromatic rings. The zero-order valence-corrected chi connectivity index (χ0v) is 21.1. The van der Waals surface area contributed by atoms with Gasteiger partial charge in [-0.25, -0.2) is 4.79 Å². The van der Waals surface area contributed by atoms with E-state index in [2.05, 4.69) is 32.2 Å². The maximum Gasteiger partial charge on any atom is 0.337 e. The Bertz CT molecular complexity index is 1230. The van der Waals surface area contributed by atoms with E-state index < -0.39 is 0 Å². The summed E-state index contributed by atoms with van der Waals surface area (Å²) in [5, 5.41) is 3.68. The number of rotatable bonds is 6. The Labute approximate surface area is 205 Å². The average Bonchev–Trinajstić information content (AvgIpc) is 3.12. The molecule has 1 aliphatic rings. The number of amides is 1. The van der Waals surface area contributed by atoms with Gasteiger partial charge in [-0.05, 0) is 91.0 Å². The number of benzene rings is 2. The van der Waals surface area contributed by atoms with Crippen molar-refractivity contribution in [3.8, 4) is 0 Å². The van der Waals surface area contributed by atoms with Crippen molar-refractivity contribution in [2.45, 2.75) is 52.9 Å². The number of aryl methyl sites for hydroxylation is 3. The van der Waals surface area contributed by atoms with Crippen molar-refractivity contribution in [1.82, 2.24) is 0 Å². The first-order chi connectivity index (χ1) is 16.2. The van der Waals surface area contributed by atoms with E-state index >= 15 is 0 Å². The Morgan fingerprint density at radius 2 is 1.85 bits per heavy atom. The molecule has 0 saturated carbocycles. The van der Waals surface area contributed by atoms with Crippen LogP contribution >= 0.6 is 11.3 Å². The standard InChI is InChI=1S/C28H32N2O3S/c1-17-15-21(12-11-19(17)8-5-18-6-9-20(10-7-18)27(32)33-4)30-26(31)24-22-13-14-28(2,3)16-23(22)34-25(24)29/h6-7,9-12,15H,5,8,13-14,16,29H2,1-4H3,(H,30,31). The predicted molar refractivity (Wildman–Crippen MR) is 139 cm³/mol. The van der Waals surface area contributed by atoms with E-state index in [0.717, 1.165) is 54.5 Å². The van der Waals surface area contributed by atoms with Crippen LogP contribution < -0.4 is 11.1 Å². The number of hydrogen-bond acceptors (Lipinski definition) is 5. The number of nitrogens with one attached hydrogen (secondary N) is 1. The topological polar surface area (TPSA) is 81.4 Å². The van der Waals surface area contributed by atoms with Crippen molar-refractivity contribution in [2.75, 3.05) is 18.2 Å². The molecule has 0 aliphatic heterocycles. The number of esters is 1. The lowest BCUT2D eigenvalue weighted by Crippen LogP contribution is -2.23. The lowest BCUT2D eigenvalue weighted by Gasteiger charge is -2.29. The first-order valence-corrected chi connectivity index (χ1v) is 12.5. The van der Waals surface area contributed by atoms with E-state index in [1.54, 1.807) is 23.5 Å². The Morgan fingerprint density at radius 1 is 1.12 bits per heavy atom. The third-order valence-electron chi connectivity index (χ3n) is 6.69. The van der Waals surface area contributed by atoms with Gasteiger partial charge in [0, 0.05) is 10.6 Å². The lowest BCUT2D eigenvalue weighted by molar-refractivity contribution is 0.0600. The summed E-state index contributed by atoms with van der Waals surface area (Å²) < 4.78 is 4.75. The highest BCUT2D eigenvalue weighted by molar-refractivity contribution is 7.16. The Hall–Kier alpha value is -3.12. The van der Waals surface area contributed by atoms with Crippen LogP contribution in [0.3, 0.4) is 0 Å². The van der Waals surface area contributed by atoms with Crippen molar-refractivity contribution < 1.29 is 14.3 Å². The van der Waals surface area contributed by atoms with Crippen molar-refractivity contribution in [1.29, 1.82) is 0 Å². The van der Waals surface area contributed by atoms with E-state index in [4.69, 9.17) is 10.5 Å². The van der Waals surface area contributed by atoms with Crippen molar-refractivity contribution in [3.05, 3.63) is 80.7 Å². The van der Waals surface area contributed by atoms with Gasteiger partial charge in [0.05, 0.1) is 23.2 Å². The van der Waals surface area contributed by atoms with Gasteiger partial charge < -0.3 is 15.8 Å². The smallest absolute Gasteiger partial charge is 0.337 e. The minimum absolute atomic E-state index is 0.118. The number of anilines is 2. The fraction of sp³-hybridized carbons (Fsp3) is 0.357. The molecule has 1 heterocycles. The monoisotopic (exact) mass is 476 g/mol. The molecule has 0 spiro atoms. The molecule has 0 unspecified atom stereocenters. The number of carbonyl (C=O) groups excluding carboxylic acids is 2. The molecule has 34 heavy (non-hydrogen) atoms. The Kier molecular flexibility index (Phi) is 6.80. The second-order valence-corrected chi connectivity index (χ2v) is 11.0. The number of nitrogens with two attached hydrogens (primary N) is 1. The van der Waals surface area contributed by atoms with E-state index in [1.165, 1.54) is 17.6 Å². The molecule has 4 rings (SSSR count). The van der Waals surface area contributed by atoms with Crippen molar-refractivity contribution in [3.63, 3.8) is 0 Å². The number of methoxy groups -OCH3 is 1. The fourth-order valence-corrected chi connectivity index (χ4v) is 6.00. The zero-order chi connectivity index (χ0) is 24.5. The van der Waals surface area contributed by atoms with Crippen LogP contribution in [0.1, 0.15) is 68.1 Å². The van der Waals surface area contributed by atoms with Gasteiger partial charge in [0.25, 0.3) is 5.91 Å². The number of nitrogen functional groups attached to an aromatic ring is 1. The molecular weight excluding hydrogens is 444 g/mol. The number of carbonyl (C=O) groups is 2. The van der Waals surface area contributed by atoms with E-state index in [1.807, 2.05) is 24.3 Å². The normalized spacial score (nSPS) is 14.4. The maximum atomic E-state index is 13.1. The molecule has 0 bridgehead atoms. The lowest BCUT2D eigenvalue weighted by atomic mass is 9.77. The Morgan fingerprint density at radius 3 is 2.53 bits per heavy atom. The summed E-state index contributed by atoms with van der Waals surface area (Å²) >= 11 is 1.56. The summed E-state index contributed by atoms with van der Waals surface area (Å²) in [6.07, 6.45) is 4.68. The summed E-state index contributed by atoms with van der Waals surface area (Å²) in [4.78, 5) is 26.0. The molecule has 0 fully saturated rings. The summed E-state index contributed by atoms with van der Waals surface area (Å²) in [7, 11) is 1.38. The van der Waals surface area contributed by atoms with E-state index in [0.29, 0.717) is 16.1 Å².